The third-order valence-electron chi connectivity index (χ3n) is 2.21. The standard InChI is InChI=1S/C9H13N5O/c1-2-13-7-10-3-9(13)5-14-4-8(6-15)11-12-14/h3-4,7,15H,2,5-6H2,1H3. The normalized spacial score (nSPS) is 10.8. The molecule has 2 rings (SSSR count). The number of aliphatic hydroxyl groups is 1. The monoisotopic (exact) mass is 207 g/mol. The third kappa shape index (κ3) is 2.04. The highest BCUT2D eigenvalue weighted by molar-refractivity contribution is 5.00. The summed E-state index contributed by atoms with van der Waals surface area (Å²) in [7, 11) is 0. The number of rotatable bonds is 4. The fourth-order valence-corrected chi connectivity index (χ4v) is 1.42. The highest BCUT2D eigenvalue weighted by Crippen LogP contribution is 2.02. The van der Waals surface area contributed by atoms with Gasteiger partial charge < -0.3 is 9.67 Å². The molecule has 0 fully saturated rings. The van der Waals surface area contributed by atoms with Crippen LogP contribution in [0.5, 0.6) is 0 Å². The van der Waals surface area contributed by atoms with Crippen LogP contribution < -0.4 is 0 Å². The minimum Gasteiger partial charge on any atom is -0.390 e. The van der Waals surface area contributed by atoms with Gasteiger partial charge in [-0.15, -0.1) is 5.10 Å². The highest BCUT2D eigenvalue weighted by atomic mass is 16.3. The van der Waals surface area contributed by atoms with E-state index in [9.17, 15) is 0 Å². The minimum atomic E-state index is -0.0763. The molecular weight excluding hydrogens is 194 g/mol. The Labute approximate surface area is 87.2 Å². The van der Waals surface area contributed by atoms with Gasteiger partial charge in [0.25, 0.3) is 0 Å². The molecule has 2 aromatic heterocycles. The van der Waals surface area contributed by atoms with Gasteiger partial charge >= 0.3 is 0 Å². The van der Waals surface area contributed by atoms with E-state index in [2.05, 4.69) is 22.2 Å². The van der Waals surface area contributed by atoms with E-state index in [0.29, 0.717) is 12.2 Å². The Balaban J connectivity index is 2.14. The van der Waals surface area contributed by atoms with Crippen LogP contribution >= 0.6 is 0 Å². The van der Waals surface area contributed by atoms with Crippen molar-refractivity contribution in [1.82, 2.24) is 24.5 Å². The summed E-state index contributed by atoms with van der Waals surface area (Å²) in [6.45, 7) is 3.50. The summed E-state index contributed by atoms with van der Waals surface area (Å²) in [6, 6.07) is 0. The van der Waals surface area contributed by atoms with Crippen molar-refractivity contribution in [3.05, 3.63) is 30.1 Å². The molecule has 80 valence electrons. The van der Waals surface area contributed by atoms with Crippen molar-refractivity contribution < 1.29 is 5.11 Å². The van der Waals surface area contributed by atoms with Crippen molar-refractivity contribution in [2.45, 2.75) is 26.6 Å². The maximum Gasteiger partial charge on any atom is 0.108 e. The quantitative estimate of drug-likeness (QED) is 0.768. The van der Waals surface area contributed by atoms with E-state index in [0.717, 1.165) is 12.2 Å². The van der Waals surface area contributed by atoms with Gasteiger partial charge in [-0.2, -0.15) is 0 Å². The molecule has 2 aromatic rings. The molecule has 0 aliphatic rings. The summed E-state index contributed by atoms with van der Waals surface area (Å²) in [5, 5.41) is 16.6. The Bertz CT molecular complexity index is 433. The van der Waals surface area contributed by atoms with E-state index in [-0.39, 0.29) is 6.61 Å². The zero-order valence-corrected chi connectivity index (χ0v) is 8.54. The van der Waals surface area contributed by atoms with Crippen LogP contribution in [0.4, 0.5) is 0 Å². The molecule has 6 nitrogen and oxygen atoms in total. The summed E-state index contributed by atoms with van der Waals surface area (Å²) < 4.78 is 3.73. The molecule has 0 bridgehead atoms. The largest absolute Gasteiger partial charge is 0.390 e. The molecule has 0 aromatic carbocycles. The number of hydrogen-bond acceptors (Lipinski definition) is 4. The Hall–Kier alpha value is -1.69. The number of aryl methyl sites for hydroxylation is 1. The van der Waals surface area contributed by atoms with Crippen LogP contribution in [0, 0.1) is 0 Å². The van der Waals surface area contributed by atoms with Gasteiger partial charge in [-0.05, 0) is 6.92 Å². The van der Waals surface area contributed by atoms with Gasteiger partial charge in [-0.3, -0.25) is 0 Å². The van der Waals surface area contributed by atoms with Crippen molar-refractivity contribution in [1.29, 1.82) is 0 Å². The van der Waals surface area contributed by atoms with E-state index >= 15 is 0 Å². The van der Waals surface area contributed by atoms with Crippen molar-refractivity contribution in [2.75, 3.05) is 0 Å². The van der Waals surface area contributed by atoms with Crippen LogP contribution in [0.3, 0.4) is 0 Å². The van der Waals surface area contributed by atoms with Crippen LogP contribution in [0.25, 0.3) is 0 Å². The topological polar surface area (TPSA) is 68.8 Å². The molecule has 0 spiro atoms. The molecule has 0 atom stereocenters. The van der Waals surface area contributed by atoms with Gasteiger partial charge in [0.2, 0.25) is 0 Å². The molecular formula is C9H13N5O. The first-order valence-electron chi connectivity index (χ1n) is 4.82. The van der Waals surface area contributed by atoms with Gasteiger partial charge in [0.15, 0.2) is 0 Å². The number of aromatic nitrogens is 5. The third-order valence-corrected chi connectivity index (χ3v) is 2.21. The molecule has 0 unspecified atom stereocenters. The second-order valence-corrected chi connectivity index (χ2v) is 3.24. The lowest BCUT2D eigenvalue weighted by Gasteiger charge is -2.03. The number of nitrogens with zero attached hydrogens (tertiary/aromatic N) is 5. The molecule has 1 N–H and O–H groups in total. The highest BCUT2D eigenvalue weighted by Gasteiger charge is 2.03. The minimum absolute atomic E-state index is 0.0763. The molecule has 0 saturated carbocycles. The van der Waals surface area contributed by atoms with Gasteiger partial charge in [0.05, 0.1) is 37.6 Å². The summed E-state index contributed by atoms with van der Waals surface area (Å²) in [4.78, 5) is 4.07. The average Bonchev–Trinajstić information content (AvgIpc) is 2.87. The lowest BCUT2D eigenvalue weighted by Crippen LogP contribution is -2.06. The lowest BCUT2D eigenvalue weighted by atomic mass is 10.4. The van der Waals surface area contributed by atoms with Crippen molar-refractivity contribution >= 4 is 0 Å². The van der Waals surface area contributed by atoms with E-state index in [4.69, 9.17) is 5.11 Å². The summed E-state index contributed by atoms with van der Waals surface area (Å²) in [5.41, 5.74) is 1.66. The van der Waals surface area contributed by atoms with Gasteiger partial charge in [-0.1, -0.05) is 5.21 Å². The van der Waals surface area contributed by atoms with Crippen LogP contribution in [0.1, 0.15) is 18.3 Å². The molecule has 0 radical (unpaired) electrons. The summed E-state index contributed by atoms with van der Waals surface area (Å²) in [6.07, 6.45) is 5.33. The smallest absolute Gasteiger partial charge is 0.108 e. The first-order chi connectivity index (χ1) is 7.33. The summed E-state index contributed by atoms with van der Waals surface area (Å²) >= 11 is 0. The van der Waals surface area contributed by atoms with E-state index in [1.807, 2.05) is 10.8 Å². The molecule has 0 saturated heterocycles. The molecule has 0 aliphatic heterocycles. The number of aliphatic hydroxyl groups excluding tert-OH is 1. The molecule has 2 heterocycles. The SMILES string of the molecule is CCn1cncc1Cn1cc(CO)nn1. The average molecular weight is 207 g/mol. The Morgan fingerprint density at radius 1 is 1.47 bits per heavy atom. The first kappa shape index (κ1) is 9.85. The maximum absolute atomic E-state index is 8.84. The van der Waals surface area contributed by atoms with Crippen LogP contribution in [-0.4, -0.2) is 29.7 Å². The van der Waals surface area contributed by atoms with E-state index in [1.165, 1.54) is 0 Å². The lowest BCUT2D eigenvalue weighted by molar-refractivity contribution is 0.276. The van der Waals surface area contributed by atoms with E-state index < -0.39 is 0 Å². The Morgan fingerprint density at radius 3 is 3.00 bits per heavy atom. The molecule has 0 aliphatic carbocycles. The maximum atomic E-state index is 8.84. The van der Waals surface area contributed by atoms with Crippen LogP contribution in [0.2, 0.25) is 0 Å². The Morgan fingerprint density at radius 2 is 2.33 bits per heavy atom. The fourth-order valence-electron chi connectivity index (χ4n) is 1.42. The second kappa shape index (κ2) is 4.22. The first-order valence-corrected chi connectivity index (χ1v) is 4.82. The van der Waals surface area contributed by atoms with E-state index in [1.54, 1.807) is 17.2 Å². The second-order valence-electron chi connectivity index (χ2n) is 3.24. The number of imidazole rings is 1. The predicted molar refractivity (Wildman–Crippen MR) is 52.9 cm³/mol. The van der Waals surface area contributed by atoms with Gasteiger partial charge in [-0.25, -0.2) is 9.67 Å². The molecule has 15 heavy (non-hydrogen) atoms. The number of hydrogen-bond donors (Lipinski definition) is 1. The summed E-state index contributed by atoms with van der Waals surface area (Å²) in [5.74, 6) is 0. The predicted octanol–water partition coefficient (Wildman–Crippen LogP) is 0.0351. The Kier molecular flexibility index (Phi) is 2.77. The van der Waals surface area contributed by atoms with Crippen LogP contribution in [0.15, 0.2) is 18.7 Å². The zero-order chi connectivity index (χ0) is 10.7. The molecule has 6 heteroatoms. The molecule has 0 amide bonds. The zero-order valence-electron chi connectivity index (χ0n) is 8.54. The fraction of sp³-hybridized carbons (Fsp3) is 0.444. The van der Waals surface area contributed by atoms with Crippen molar-refractivity contribution in [2.24, 2.45) is 0 Å². The van der Waals surface area contributed by atoms with Gasteiger partial charge in [0, 0.05) is 6.54 Å². The van der Waals surface area contributed by atoms with Gasteiger partial charge in [0.1, 0.15) is 5.69 Å². The van der Waals surface area contributed by atoms with Crippen molar-refractivity contribution in [3.63, 3.8) is 0 Å². The van der Waals surface area contributed by atoms with Crippen LogP contribution in [-0.2, 0) is 19.7 Å². The van der Waals surface area contributed by atoms with Crippen molar-refractivity contribution in [3.8, 4) is 0 Å².